The molecule has 0 aliphatic carbocycles. The van der Waals surface area contributed by atoms with Crippen LogP contribution in [0, 0.1) is 0 Å². The fourth-order valence-corrected chi connectivity index (χ4v) is 3.58. The summed E-state index contributed by atoms with van der Waals surface area (Å²) >= 11 is 1.73. The Kier molecular flexibility index (Phi) is 5.67. The van der Waals surface area contributed by atoms with E-state index >= 15 is 0 Å². The Balaban J connectivity index is 1.46. The van der Waals surface area contributed by atoms with Crippen molar-refractivity contribution in [1.29, 1.82) is 0 Å². The lowest BCUT2D eigenvalue weighted by atomic mass is 10.1. The Morgan fingerprint density at radius 3 is 2.92 bits per heavy atom. The van der Waals surface area contributed by atoms with Gasteiger partial charge in [-0.3, -0.25) is 9.69 Å². The van der Waals surface area contributed by atoms with Gasteiger partial charge in [0.25, 0.3) is 0 Å². The normalized spacial score (nSPS) is 11.2. The zero-order chi connectivity index (χ0) is 16.8. The van der Waals surface area contributed by atoms with Crippen LogP contribution in [0.15, 0.2) is 48.0 Å². The zero-order valence-electron chi connectivity index (χ0n) is 13.9. The summed E-state index contributed by atoms with van der Waals surface area (Å²) in [6.07, 6.45) is 2.87. The number of benzene rings is 1. The number of rotatable bonds is 8. The van der Waals surface area contributed by atoms with E-state index < -0.39 is 0 Å². The molecule has 4 nitrogen and oxygen atoms in total. The smallest absolute Gasteiger partial charge is 0.234 e. The Morgan fingerprint density at radius 1 is 1.25 bits per heavy atom. The highest BCUT2D eigenvalue weighted by atomic mass is 32.1. The Bertz CT molecular complexity index is 779. The van der Waals surface area contributed by atoms with Crippen molar-refractivity contribution >= 4 is 28.1 Å². The van der Waals surface area contributed by atoms with Crippen molar-refractivity contribution in [2.45, 2.75) is 19.9 Å². The number of thiophene rings is 1. The molecule has 1 aromatic carbocycles. The molecule has 1 amide bonds. The number of likely N-dealkylation sites (N-methyl/N-ethyl adjacent to an activating group) is 1. The number of aromatic nitrogens is 1. The number of para-hydroxylation sites is 1. The van der Waals surface area contributed by atoms with Crippen LogP contribution in [0.3, 0.4) is 0 Å². The average Bonchev–Trinajstić information content (AvgIpc) is 3.24. The fourth-order valence-electron chi connectivity index (χ4n) is 2.84. The Morgan fingerprint density at radius 2 is 2.12 bits per heavy atom. The predicted octanol–water partition coefficient (Wildman–Crippen LogP) is 3.41. The lowest BCUT2D eigenvalue weighted by molar-refractivity contribution is -0.122. The van der Waals surface area contributed by atoms with Gasteiger partial charge in [0.05, 0.1) is 6.54 Å². The first-order chi connectivity index (χ1) is 11.8. The van der Waals surface area contributed by atoms with Gasteiger partial charge in [0.15, 0.2) is 0 Å². The monoisotopic (exact) mass is 341 g/mol. The number of H-pyrrole nitrogens is 1. The van der Waals surface area contributed by atoms with Crippen molar-refractivity contribution in [3.05, 3.63) is 58.4 Å². The number of aromatic amines is 1. The Hall–Kier alpha value is -2.11. The molecule has 0 unspecified atom stereocenters. The third-order valence-electron chi connectivity index (χ3n) is 4.17. The number of fused-ring (bicyclic) bond motifs is 1. The zero-order valence-corrected chi connectivity index (χ0v) is 14.7. The molecule has 0 atom stereocenters. The van der Waals surface area contributed by atoms with Gasteiger partial charge in [-0.25, -0.2) is 0 Å². The molecule has 5 heteroatoms. The van der Waals surface area contributed by atoms with Gasteiger partial charge in [0.1, 0.15) is 0 Å². The van der Waals surface area contributed by atoms with Crippen LogP contribution in [0.1, 0.15) is 17.4 Å². The molecule has 0 saturated carbocycles. The van der Waals surface area contributed by atoms with Crippen LogP contribution >= 0.6 is 11.3 Å². The minimum absolute atomic E-state index is 0.0910. The number of carbonyl (C=O) groups is 1. The van der Waals surface area contributed by atoms with Gasteiger partial charge in [-0.15, -0.1) is 11.3 Å². The fraction of sp³-hybridized carbons (Fsp3) is 0.316. The Labute approximate surface area is 146 Å². The summed E-state index contributed by atoms with van der Waals surface area (Å²) < 4.78 is 0. The molecule has 126 valence electrons. The average molecular weight is 341 g/mol. The summed E-state index contributed by atoms with van der Waals surface area (Å²) in [6, 6.07) is 12.4. The van der Waals surface area contributed by atoms with E-state index in [1.165, 1.54) is 15.8 Å². The van der Waals surface area contributed by atoms with E-state index in [0.29, 0.717) is 13.1 Å². The van der Waals surface area contributed by atoms with E-state index in [1.807, 2.05) is 18.3 Å². The van der Waals surface area contributed by atoms with Crippen LogP contribution in [-0.2, 0) is 17.8 Å². The molecule has 0 aliphatic rings. The molecule has 0 aliphatic heterocycles. The third-order valence-corrected chi connectivity index (χ3v) is 5.03. The molecule has 2 N–H and O–H groups in total. The summed E-state index contributed by atoms with van der Waals surface area (Å²) in [6.45, 7) is 4.91. The molecule has 0 radical (unpaired) electrons. The molecule has 0 saturated heterocycles. The third kappa shape index (κ3) is 4.24. The van der Waals surface area contributed by atoms with Gasteiger partial charge >= 0.3 is 0 Å². The molecule has 0 fully saturated rings. The SMILES string of the molecule is CCN(CC(=O)NCCc1c[nH]c2ccccc12)Cc1cccs1. The second kappa shape index (κ2) is 8.13. The topological polar surface area (TPSA) is 48.1 Å². The highest BCUT2D eigenvalue weighted by Crippen LogP contribution is 2.17. The van der Waals surface area contributed by atoms with Gasteiger partial charge in [-0.1, -0.05) is 31.2 Å². The van der Waals surface area contributed by atoms with Crippen molar-refractivity contribution in [3.8, 4) is 0 Å². The van der Waals surface area contributed by atoms with Gasteiger partial charge in [-0.2, -0.15) is 0 Å². The van der Waals surface area contributed by atoms with E-state index in [4.69, 9.17) is 0 Å². The first-order valence-corrected chi connectivity index (χ1v) is 9.20. The summed E-state index contributed by atoms with van der Waals surface area (Å²) in [5.41, 5.74) is 2.39. The van der Waals surface area contributed by atoms with Crippen molar-refractivity contribution in [1.82, 2.24) is 15.2 Å². The van der Waals surface area contributed by atoms with Gasteiger partial charge in [-0.05, 0) is 36.0 Å². The minimum atomic E-state index is 0.0910. The van der Waals surface area contributed by atoms with Crippen LogP contribution < -0.4 is 5.32 Å². The van der Waals surface area contributed by atoms with Crippen LogP contribution in [0.4, 0.5) is 0 Å². The molecular weight excluding hydrogens is 318 g/mol. The number of hydrogen-bond acceptors (Lipinski definition) is 3. The summed E-state index contributed by atoms with van der Waals surface area (Å²) in [5, 5.41) is 6.35. The minimum Gasteiger partial charge on any atom is -0.361 e. The van der Waals surface area contributed by atoms with E-state index in [-0.39, 0.29) is 5.91 Å². The summed E-state index contributed by atoms with van der Waals surface area (Å²) in [7, 11) is 0. The van der Waals surface area contributed by atoms with Crippen molar-refractivity contribution in [3.63, 3.8) is 0 Å². The molecule has 0 spiro atoms. The van der Waals surface area contributed by atoms with Crippen LogP contribution in [0.5, 0.6) is 0 Å². The second-order valence-corrected chi connectivity index (χ2v) is 6.87. The molecule has 3 rings (SSSR count). The maximum absolute atomic E-state index is 12.2. The van der Waals surface area contributed by atoms with Crippen LogP contribution in [0.2, 0.25) is 0 Å². The largest absolute Gasteiger partial charge is 0.361 e. The highest BCUT2D eigenvalue weighted by molar-refractivity contribution is 7.09. The van der Waals surface area contributed by atoms with Crippen molar-refractivity contribution in [2.24, 2.45) is 0 Å². The maximum atomic E-state index is 12.2. The van der Waals surface area contributed by atoms with E-state index in [2.05, 4.69) is 51.8 Å². The lowest BCUT2D eigenvalue weighted by Crippen LogP contribution is -2.37. The van der Waals surface area contributed by atoms with Gasteiger partial charge in [0.2, 0.25) is 5.91 Å². The number of carbonyl (C=O) groups excluding carboxylic acids is 1. The molecule has 24 heavy (non-hydrogen) atoms. The summed E-state index contributed by atoms with van der Waals surface area (Å²) in [5.74, 6) is 0.0910. The molecule has 3 aromatic rings. The predicted molar refractivity (Wildman–Crippen MR) is 100 cm³/mol. The van der Waals surface area contributed by atoms with Gasteiger partial charge < -0.3 is 10.3 Å². The van der Waals surface area contributed by atoms with Crippen molar-refractivity contribution < 1.29 is 4.79 Å². The molecule has 2 heterocycles. The van der Waals surface area contributed by atoms with E-state index in [0.717, 1.165) is 25.0 Å². The standard InChI is InChI=1S/C19H23N3OS/c1-2-22(13-16-6-5-11-24-16)14-19(23)20-10-9-15-12-21-18-8-4-3-7-17(15)18/h3-8,11-12,21H,2,9-10,13-14H2,1H3,(H,20,23). The maximum Gasteiger partial charge on any atom is 0.234 e. The second-order valence-electron chi connectivity index (χ2n) is 5.84. The van der Waals surface area contributed by atoms with Crippen molar-refractivity contribution in [2.75, 3.05) is 19.6 Å². The van der Waals surface area contributed by atoms with E-state index in [9.17, 15) is 4.79 Å². The quantitative estimate of drug-likeness (QED) is 0.660. The first-order valence-electron chi connectivity index (χ1n) is 8.32. The molecular formula is C19H23N3OS. The summed E-state index contributed by atoms with van der Waals surface area (Å²) in [4.78, 5) is 18.9. The van der Waals surface area contributed by atoms with Crippen LogP contribution in [-0.4, -0.2) is 35.4 Å². The van der Waals surface area contributed by atoms with Crippen LogP contribution in [0.25, 0.3) is 10.9 Å². The van der Waals surface area contributed by atoms with E-state index in [1.54, 1.807) is 11.3 Å². The molecule has 2 aromatic heterocycles. The first kappa shape index (κ1) is 16.7. The highest BCUT2D eigenvalue weighted by Gasteiger charge is 2.10. The number of hydrogen-bond donors (Lipinski definition) is 2. The van der Waals surface area contributed by atoms with Gasteiger partial charge in [0, 0.05) is 35.1 Å². The number of nitrogens with zero attached hydrogens (tertiary/aromatic N) is 1. The molecule has 0 bridgehead atoms. The lowest BCUT2D eigenvalue weighted by Gasteiger charge is -2.19. The number of nitrogens with one attached hydrogen (secondary N) is 2. The number of amides is 1.